The van der Waals surface area contributed by atoms with Crippen molar-refractivity contribution in [1.82, 2.24) is 9.62 Å². The fraction of sp³-hybridized carbons (Fsp3) is 0.435. The molecule has 1 heterocycles. The zero-order chi connectivity index (χ0) is 21.6. The van der Waals surface area contributed by atoms with Crippen molar-refractivity contribution in [3.8, 4) is 0 Å². The maximum absolute atomic E-state index is 12.9. The number of piperazine rings is 1. The Labute approximate surface area is 179 Å². The molecular formula is C23H32N3O3S+. The Kier molecular flexibility index (Phi) is 7.64. The average molecular weight is 431 g/mol. The Balaban J connectivity index is 1.59. The molecule has 0 unspecified atom stereocenters. The topological polar surface area (TPSA) is 70.9 Å². The molecule has 0 saturated carbocycles. The lowest BCUT2D eigenvalue weighted by Crippen LogP contribution is -3.19. The number of sulfonamides is 1. The number of carbonyl (C=O) groups is 1. The van der Waals surface area contributed by atoms with Crippen molar-refractivity contribution in [1.29, 1.82) is 0 Å². The van der Waals surface area contributed by atoms with Crippen LogP contribution < -0.4 is 10.2 Å². The molecule has 7 heteroatoms. The third-order valence-electron chi connectivity index (χ3n) is 5.85. The molecule has 0 bridgehead atoms. The van der Waals surface area contributed by atoms with Crippen LogP contribution in [-0.4, -0.2) is 50.9 Å². The summed E-state index contributed by atoms with van der Waals surface area (Å²) in [5, 5.41) is 3.21. The van der Waals surface area contributed by atoms with E-state index in [4.69, 9.17) is 0 Å². The number of quaternary nitrogens is 1. The molecule has 2 aromatic carbocycles. The van der Waals surface area contributed by atoms with Gasteiger partial charge < -0.3 is 10.2 Å². The number of carbonyl (C=O) groups excluding carboxylic acids is 1. The van der Waals surface area contributed by atoms with Crippen molar-refractivity contribution in [3.63, 3.8) is 0 Å². The monoisotopic (exact) mass is 430 g/mol. The summed E-state index contributed by atoms with van der Waals surface area (Å²) in [5.74, 6) is 0.0201. The summed E-state index contributed by atoms with van der Waals surface area (Å²) in [5.41, 5.74) is 1.12. The number of nitrogens with one attached hydrogen (secondary N) is 2. The number of hydrogen-bond donors (Lipinski definition) is 2. The third-order valence-corrected chi connectivity index (χ3v) is 7.76. The molecule has 0 radical (unpaired) electrons. The Morgan fingerprint density at radius 1 is 1.03 bits per heavy atom. The number of nitrogens with zero attached hydrogens (tertiary/aromatic N) is 1. The summed E-state index contributed by atoms with van der Waals surface area (Å²) < 4.78 is 27.1. The minimum atomic E-state index is -3.47. The molecule has 0 aromatic heterocycles. The van der Waals surface area contributed by atoms with Crippen molar-refractivity contribution >= 4 is 15.9 Å². The van der Waals surface area contributed by atoms with Crippen LogP contribution in [0.5, 0.6) is 0 Å². The second kappa shape index (κ2) is 10.2. The molecule has 162 valence electrons. The van der Waals surface area contributed by atoms with E-state index in [0.717, 1.165) is 23.3 Å². The summed E-state index contributed by atoms with van der Waals surface area (Å²) in [7, 11) is -3.47. The first-order chi connectivity index (χ1) is 14.4. The molecule has 1 amide bonds. The van der Waals surface area contributed by atoms with E-state index in [1.807, 2.05) is 43.3 Å². The predicted molar refractivity (Wildman–Crippen MR) is 118 cm³/mol. The average Bonchev–Trinajstić information content (AvgIpc) is 2.79. The van der Waals surface area contributed by atoms with E-state index < -0.39 is 10.0 Å². The number of amides is 1. The van der Waals surface area contributed by atoms with Gasteiger partial charge in [0.25, 0.3) is 5.91 Å². The molecule has 6 nitrogen and oxygen atoms in total. The molecule has 1 fully saturated rings. The molecule has 2 aromatic rings. The Morgan fingerprint density at radius 3 is 2.17 bits per heavy atom. The van der Waals surface area contributed by atoms with Crippen molar-refractivity contribution in [2.45, 2.75) is 43.7 Å². The molecule has 1 aliphatic heterocycles. The third kappa shape index (κ3) is 5.28. The van der Waals surface area contributed by atoms with Crippen LogP contribution in [-0.2, 0) is 14.8 Å². The van der Waals surface area contributed by atoms with E-state index in [9.17, 15) is 13.2 Å². The number of benzene rings is 2. The van der Waals surface area contributed by atoms with E-state index in [1.54, 1.807) is 24.3 Å². The van der Waals surface area contributed by atoms with Crippen LogP contribution in [0.1, 0.15) is 38.3 Å². The van der Waals surface area contributed by atoms with Gasteiger partial charge in [0.05, 0.1) is 37.1 Å². The van der Waals surface area contributed by atoms with Gasteiger partial charge in [0.1, 0.15) is 0 Å². The highest BCUT2D eigenvalue weighted by molar-refractivity contribution is 7.89. The highest BCUT2D eigenvalue weighted by Crippen LogP contribution is 2.18. The quantitative estimate of drug-likeness (QED) is 0.669. The minimum absolute atomic E-state index is 0.00491. The van der Waals surface area contributed by atoms with E-state index in [0.29, 0.717) is 31.1 Å². The zero-order valence-corrected chi connectivity index (χ0v) is 18.6. The molecule has 2 atom stereocenters. The number of hydrogen-bond acceptors (Lipinski definition) is 3. The maximum Gasteiger partial charge on any atom is 0.278 e. The lowest BCUT2D eigenvalue weighted by Gasteiger charge is -2.34. The standard InChI is InChI=1S/C23H31N3O3S/c1-3-10-22(20-11-6-4-7-12-20)24-23(27)19(2)25-15-17-26(18-16-25)30(28,29)21-13-8-5-9-14-21/h4-9,11-14,19,22H,3,10,15-18H2,1-2H3,(H,24,27)/p+1/t19-,22-/m1/s1. The first-order valence-corrected chi connectivity index (χ1v) is 12.1. The molecule has 0 aliphatic carbocycles. The molecule has 0 spiro atoms. The summed E-state index contributed by atoms with van der Waals surface area (Å²) in [6.07, 6.45) is 1.87. The molecule has 2 N–H and O–H groups in total. The Morgan fingerprint density at radius 2 is 1.60 bits per heavy atom. The predicted octanol–water partition coefficient (Wildman–Crippen LogP) is 1.62. The van der Waals surface area contributed by atoms with Crippen LogP contribution in [0.3, 0.4) is 0 Å². The zero-order valence-electron chi connectivity index (χ0n) is 17.8. The van der Waals surface area contributed by atoms with E-state index in [-0.39, 0.29) is 18.0 Å². The van der Waals surface area contributed by atoms with Gasteiger partial charge >= 0.3 is 0 Å². The van der Waals surface area contributed by atoms with Crippen LogP contribution in [0, 0.1) is 0 Å². The van der Waals surface area contributed by atoms with Crippen molar-refractivity contribution in [3.05, 3.63) is 66.2 Å². The van der Waals surface area contributed by atoms with Gasteiger partial charge in [0, 0.05) is 0 Å². The SMILES string of the molecule is CCC[C@@H](NC(=O)[C@@H](C)[NH+]1CCN(S(=O)(=O)c2ccccc2)CC1)c1ccccc1. The summed E-state index contributed by atoms with van der Waals surface area (Å²) in [6.45, 7) is 6.11. The summed E-state index contributed by atoms with van der Waals surface area (Å²) in [6, 6.07) is 18.4. The lowest BCUT2D eigenvalue weighted by atomic mass is 10.0. The molecule has 3 rings (SSSR count). The van der Waals surface area contributed by atoms with Gasteiger partial charge in [0.15, 0.2) is 6.04 Å². The first kappa shape index (κ1) is 22.5. The normalized spacial score (nSPS) is 17.9. The van der Waals surface area contributed by atoms with Gasteiger partial charge in [-0.15, -0.1) is 0 Å². The fourth-order valence-corrected chi connectivity index (χ4v) is 5.43. The second-order valence-corrected chi connectivity index (χ2v) is 9.80. The molecule has 1 aliphatic rings. The van der Waals surface area contributed by atoms with Gasteiger partial charge in [-0.3, -0.25) is 4.79 Å². The van der Waals surface area contributed by atoms with Crippen molar-refractivity contribution < 1.29 is 18.1 Å². The van der Waals surface area contributed by atoms with Gasteiger partial charge in [-0.05, 0) is 31.0 Å². The first-order valence-electron chi connectivity index (χ1n) is 10.7. The van der Waals surface area contributed by atoms with Gasteiger partial charge in [-0.25, -0.2) is 8.42 Å². The highest BCUT2D eigenvalue weighted by Gasteiger charge is 2.34. The highest BCUT2D eigenvalue weighted by atomic mass is 32.2. The van der Waals surface area contributed by atoms with Crippen LogP contribution in [0.2, 0.25) is 0 Å². The minimum Gasteiger partial charge on any atom is -0.344 e. The molecular weight excluding hydrogens is 398 g/mol. The number of rotatable bonds is 8. The second-order valence-electron chi connectivity index (χ2n) is 7.86. The molecule has 30 heavy (non-hydrogen) atoms. The lowest BCUT2D eigenvalue weighted by molar-refractivity contribution is -0.917. The summed E-state index contributed by atoms with van der Waals surface area (Å²) in [4.78, 5) is 14.4. The fourth-order valence-electron chi connectivity index (χ4n) is 3.97. The maximum atomic E-state index is 12.9. The van der Waals surface area contributed by atoms with Gasteiger partial charge in [-0.1, -0.05) is 61.9 Å². The van der Waals surface area contributed by atoms with Crippen molar-refractivity contribution in [2.75, 3.05) is 26.2 Å². The van der Waals surface area contributed by atoms with Crippen LogP contribution in [0.15, 0.2) is 65.6 Å². The van der Waals surface area contributed by atoms with Crippen LogP contribution in [0.4, 0.5) is 0 Å². The van der Waals surface area contributed by atoms with Crippen LogP contribution >= 0.6 is 0 Å². The van der Waals surface area contributed by atoms with Gasteiger partial charge in [-0.2, -0.15) is 4.31 Å². The smallest absolute Gasteiger partial charge is 0.278 e. The van der Waals surface area contributed by atoms with Gasteiger partial charge in [0.2, 0.25) is 10.0 Å². The van der Waals surface area contributed by atoms with E-state index in [2.05, 4.69) is 12.2 Å². The molecule has 1 saturated heterocycles. The summed E-state index contributed by atoms with van der Waals surface area (Å²) >= 11 is 0. The van der Waals surface area contributed by atoms with Crippen LogP contribution in [0.25, 0.3) is 0 Å². The van der Waals surface area contributed by atoms with E-state index >= 15 is 0 Å². The van der Waals surface area contributed by atoms with Crippen molar-refractivity contribution in [2.24, 2.45) is 0 Å². The Hall–Kier alpha value is -2.22. The van der Waals surface area contributed by atoms with E-state index in [1.165, 1.54) is 4.31 Å². The Bertz CT molecular complexity index is 911. The largest absolute Gasteiger partial charge is 0.344 e.